The third-order valence-electron chi connectivity index (χ3n) is 4.33. The lowest BCUT2D eigenvalue weighted by Gasteiger charge is -2.50. The molecule has 0 bridgehead atoms. The third-order valence-corrected chi connectivity index (χ3v) is 5.98. The lowest BCUT2D eigenvalue weighted by molar-refractivity contribution is -0.171. The molecule has 2 saturated heterocycles. The average molecular weight is 349 g/mol. The molecule has 3 atom stereocenters. The summed E-state index contributed by atoms with van der Waals surface area (Å²) < 4.78 is 4.83. The van der Waals surface area contributed by atoms with E-state index in [2.05, 4.69) is 5.32 Å². The Labute approximate surface area is 143 Å². The quantitative estimate of drug-likeness (QED) is 0.341. The Morgan fingerprint density at radius 1 is 1.42 bits per heavy atom. The molecule has 0 saturated carbocycles. The standard InChI is InChI=1S/C16H19N3O4S/c1-15(2)11(12(21)23-8-10-6-4-3-5-7-10)19-13(22)16(17,18-9-20)14(19)24-15/h3-7,9,11,14H,8,17H2,1-2H3,(H,18,20)/t11-,14+,16-/m0/s1. The van der Waals surface area contributed by atoms with Crippen molar-refractivity contribution in [3.63, 3.8) is 0 Å². The van der Waals surface area contributed by atoms with Crippen molar-refractivity contribution in [1.29, 1.82) is 0 Å². The van der Waals surface area contributed by atoms with Gasteiger partial charge < -0.3 is 15.0 Å². The number of benzene rings is 1. The van der Waals surface area contributed by atoms with Gasteiger partial charge in [0.2, 0.25) is 6.41 Å². The van der Waals surface area contributed by atoms with E-state index >= 15 is 0 Å². The summed E-state index contributed by atoms with van der Waals surface area (Å²) in [4.78, 5) is 37.1. The number of nitrogens with zero attached hydrogens (tertiary/aromatic N) is 1. The summed E-state index contributed by atoms with van der Waals surface area (Å²) >= 11 is 1.38. The van der Waals surface area contributed by atoms with E-state index in [1.54, 1.807) is 0 Å². The number of β-lactam (4-membered cyclic amide) rings is 1. The van der Waals surface area contributed by atoms with Gasteiger partial charge in [-0.15, -0.1) is 11.8 Å². The first-order chi connectivity index (χ1) is 11.3. The molecule has 2 aliphatic heterocycles. The number of nitrogens with two attached hydrogens (primary N) is 1. The minimum atomic E-state index is -1.46. The molecule has 3 rings (SSSR count). The van der Waals surface area contributed by atoms with Gasteiger partial charge in [-0.3, -0.25) is 15.3 Å². The molecule has 128 valence electrons. The molecule has 0 spiro atoms. The van der Waals surface area contributed by atoms with Crippen LogP contribution in [0.2, 0.25) is 0 Å². The number of rotatable bonds is 5. The number of nitrogens with one attached hydrogen (secondary N) is 1. The second kappa shape index (κ2) is 5.78. The highest BCUT2D eigenvalue weighted by Crippen LogP contribution is 2.53. The summed E-state index contributed by atoms with van der Waals surface area (Å²) in [5, 5.41) is 1.88. The Kier molecular flexibility index (Phi) is 4.05. The molecule has 1 aromatic carbocycles. The fourth-order valence-corrected chi connectivity index (χ4v) is 4.70. The molecule has 0 aliphatic carbocycles. The van der Waals surface area contributed by atoms with Crippen LogP contribution in [0.15, 0.2) is 30.3 Å². The Morgan fingerprint density at radius 2 is 2.08 bits per heavy atom. The first kappa shape index (κ1) is 16.8. The fraction of sp³-hybridized carbons (Fsp3) is 0.438. The highest BCUT2D eigenvalue weighted by molar-refractivity contribution is 8.01. The Balaban J connectivity index is 1.74. The van der Waals surface area contributed by atoms with Crippen LogP contribution < -0.4 is 11.1 Å². The lowest BCUT2D eigenvalue weighted by atomic mass is 9.92. The monoisotopic (exact) mass is 349 g/mol. The number of amides is 2. The van der Waals surface area contributed by atoms with Crippen LogP contribution in [-0.4, -0.2) is 45.0 Å². The predicted octanol–water partition coefficient (Wildman–Crippen LogP) is 0.193. The molecule has 0 aromatic heterocycles. The van der Waals surface area contributed by atoms with Crippen molar-refractivity contribution in [3.8, 4) is 0 Å². The largest absolute Gasteiger partial charge is 0.459 e. The molecular formula is C16H19N3O4S. The van der Waals surface area contributed by atoms with Gasteiger partial charge in [0.05, 0.1) is 0 Å². The van der Waals surface area contributed by atoms with Gasteiger partial charge in [-0.1, -0.05) is 30.3 Å². The summed E-state index contributed by atoms with van der Waals surface area (Å²) in [6.45, 7) is 3.86. The van der Waals surface area contributed by atoms with E-state index in [0.717, 1.165) is 5.56 Å². The van der Waals surface area contributed by atoms with E-state index in [1.165, 1.54) is 16.7 Å². The summed E-state index contributed by atoms with van der Waals surface area (Å²) in [7, 11) is 0. The first-order valence-electron chi connectivity index (χ1n) is 7.52. The summed E-state index contributed by atoms with van der Waals surface area (Å²) in [6, 6.07) is 8.58. The van der Waals surface area contributed by atoms with Gasteiger partial charge in [-0.2, -0.15) is 0 Å². The summed E-state index contributed by atoms with van der Waals surface area (Å²) in [5.74, 6) is -0.945. The normalized spacial score (nSPS) is 30.3. The molecule has 1 aromatic rings. The van der Waals surface area contributed by atoms with Gasteiger partial charge in [-0.25, -0.2) is 4.79 Å². The van der Waals surface area contributed by atoms with Gasteiger partial charge in [0.1, 0.15) is 18.0 Å². The highest BCUT2D eigenvalue weighted by atomic mass is 32.2. The maximum atomic E-state index is 12.6. The number of fused-ring (bicyclic) bond motifs is 1. The minimum Gasteiger partial charge on any atom is -0.459 e. The molecule has 2 heterocycles. The summed E-state index contributed by atoms with van der Waals surface area (Å²) in [6.07, 6.45) is 0.407. The maximum Gasteiger partial charge on any atom is 0.330 e. The number of carbonyl (C=O) groups is 3. The van der Waals surface area contributed by atoms with E-state index in [9.17, 15) is 14.4 Å². The van der Waals surface area contributed by atoms with Crippen molar-refractivity contribution in [2.45, 2.75) is 42.3 Å². The van der Waals surface area contributed by atoms with Gasteiger partial charge in [0.15, 0.2) is 5.66 Å². The van der Waals surface area contributed by atoms with Crippen molar-refractivity contribution in [2.75, 3.05) is 0 Å². The number of thioether (sulfide) groups is 1. The zero-order valence-electron chi connectivity index (χ0n) is 13.4. The van der Waals surface area contributed by atoms with E-state index in [0.29, 0.717) is 6.41 Å². The molecule has 0 unspecified atom stereocenters. The molecule has 3 N–H and O–H groups in total. The van der Waals surface area contributed by atoms with Crippen molar-refractivity contribution >= 4 is 30.0 Å². The number of ether oxygens (including phenoxy) is 1. The zero-order chi connectivity index (χ0) is 17.5. The summed E-state index contributed by atoms with van der Waals surface area (Å²) in [5.41, 5.74) is 5.40. The third kappa shape index (κ3) is 2.46. The number of esters is 1. The SMILES string of the molecule is CC1(C)S[C@H]2N(C(=O)[C@]2(N)NC=O)[C@H]1C(=O)OCc1ccccc1. The van der Waals surface area contributed by atoms with Crippen molar-refractivity contribution in [1.82, 2.24) is 10.2 Å². The van der Waals surface area contributed by atoms with Crippen LogP contribution in [0.5, 0.6) is 0 Å². The minimum absolute atomic E-state index is 0.143. The van der Waals surface area contributed by atoms with Crippen LogP contribution in [0.4, 0.5) is 0 Å². The van der Waals surface area contributed by atoms with Crippen molar-refractivity contribution < 1.29 is 19.1 Å². The topological polar surface area (TPSA) is 102 Å². The zero-order valence-corrected chi connectivity index (χ0v) is 14.2. The molecule has 7 nitrogen and oxygen atoms in total. The Morgan fingerprint density at radius 3 is 2.71 bits per heavy atom. The fourth-order valence-electron chi connectivity index (χ4n) is 3.10. The van der Waals surface area contributed by atoms with Gasteiger partial charge in [0.25, 0.3) is 5.91 Å². The Bertz CT molecular complexity index is 681. The molecule has 24 heavy (non-hydrogen) atoms. The molecular weight excluding hydrogens is 330 g/mol. The van der Waals surface area contributed by atoms with Gasteiger partial charge in [-0.05, 0) is 19.4 Å². The number of hydrogen-bond donors (Lipinski definition) is 2. The molecule has 2 aliphatic rings. The van der Waals surface area contributed by atoms with E-state index < -0.39 is 33.7 Å². The van der Waals surface area contributed by atoms with E-state index in [4.69, 9.17) is 10.5 Å². The second-order valence-corrected chi connectivity index (χ2v) is 8.15. The van der Waals surface area contributed by atoms with Crippen molar-refractivity contribution in [3.05, 3.63) is 35.9 Å². The van der Waals surface area contributed by atoms with Gasteiger partial charge >= 0.3 is 5.97 Å². The smallest absolute Gasteiger partial charge is 0.330 e. The average Bonchev–Trinajstić information content (AvgIpc) is 2.83. The van der Waals surface area contributed by atoms with Crippen LogP contribution in [-0.2, 0) is 25.7 Å². The first-order valence-corrected chi connectivity index (χ1v) is 8.40. The molecule has 8 heteroatoms. The van der Waals surface area contributed by atoms with Gasteiger partial charge in [0, 0.05) is 4.75 Å². The number of hydrogen-bond acceptors (Lipinski definition) is 6. The van der Waals surface area contributed by atoms with Crippen LogP contribution in [0.25, 0.3) is 0 Å². The van der Waals surface area contributed by atoms with Crippen LogP contribution >= 0.6 is 11.8 Å². The number of carbonyl (C=O) groups excluding carboxylic acids is 3. The second-order valence-electron chi connectivity index (χ2n) is 6.41. The molecule has 2 fully saturated rings. The van der Waals surface area contributed by atoms with Crippen LogP contribution in [0, 0.1) is 0 Å². The molecule has 0 radical (unpaired) electrons. The van der Waals surface area contributed by atoms with E-state index in [-0.39, 0.29) is 6.61 Å². The highest BCUT2D eigenvalue weighted by Gasteiger charge is 2.70. The maximum absolute atomic E-state index is 12.6. The van der Waals surface area contributed by atoms with Crippen LogP contribution in [0.3, 0.4) is 0 Å². The lowest BCUT2D eigenvalue weighted by Crippen LogP contribution is -2.83. The van der Waals surface area contributed by atoms with Crippen molar-refractivity contribution in [2.24, 2.45) is 5.73 Å². The predicted molar refractivity (Wildman–Crippen MR) is 88.4 cm³/mol. The van der Waals surface area contributed by atoms with E-state index in [1.807, 2.05) is 44.2 Å². The Hall–Kier alpha value is -2.06. The van der Waals surface area contributed by atoms with Crippen LogP contribution in [0.1, 0.15) is 19.4 Å². The molecule has 2 amide bonds.